The predicted octanol–water partition coefficient (Wildman–Crippen LogP) is 5.03. The SMILES string of the molecule is C=Cc1c(NS(=O)(=O)c2ccc(Br)c(F)c2)cc(Cl)c(O)c1C=C. The van der Waals surface area contributed by atoms with Crippen molar-refractivity contribution in [1.82, 2.24) is 0 Å². The summed E-state index contributed by atoms with van der Waals surface area (Å²) in [5.41, 5.74) is 0.622. The maximum Gasteiger partial charge on any atom is 0.262 e. The van der Waals surface area contributed by atoms with E-state index < -0.39 is 15.8 Å². The third-order valence-electron chi connectivity index (χ3n) is 3.19. The van der Waals surface area contributed by atoms with Gasteiger partial charge in [-0.05, 0) is 40.2 Å². The van der Waals surface area contributed by atoms with Crippen LogP contribution in [0.4, 0.5) is 10.1 Å². The van der Waals surface area contributed by atoms with Crippen molar-refractivity contribution in [3.8, 4) is 5.75 Å². The minimum atomic E-state index is -4.07. The number of rotatable bonds is 5. The zero-order valence-corrected chi connectivity index (χ0v) is 15.3. The van der Waals surface area contributed by atoms with E-state index in [1.807, 2.05) is 0 Å². The number of halogens is 3. The second-order valence-electron chi connectivity index (χ2n) is 4.67. The minimum Gasteiger partial charge on any atom is -0.506 e. The van der Waals surface area contributed by atoms with Crippen molar-refractivity contribution in [2.24, 2.45) is 0 Å². The summed E-state index contributed by atoms with van der Waals surface area (Å²) in [5, 5.41) is 9.87. The molecule has 0 bridgehead atoms. The number of benzene rings is 2. The monoisotopic (exact) mass is 431 g/mol. The van der Waals surface area contributed by atoms with Gasteiger partial charge in [-0.15, -0.1) is 0 Å². The molecular weight excluding hydrogens is 421 g/mol. The van der Waals surface area contributed by atoms with Gasteiger partial charge in [0.2, 0.25) is 0 Å². The molecule has 8 heteroatoms. The molecule has 0 heterocycles. The molecule has 2 rings (SSSR count). The Kier molecular flexibility index (Phi) is 5.37. The van der Waals surface area contributed by atoms with Crippen LogP contribution in [0.1, 0.15) is 11.1 Å². The van der Waals surface area contributed by atoms with Crippen molar-refractivity contribution in [2.75, 3.05) is 4.72 Å². The molecule has 0 aliphatic rings. The van der Waals surface area contributed by atoms with Gasteiger partial charge >= 0.3 is 0 Å². The second-order valence-corrected chi connectivity index (χ2v) is 7.62. The van der Waals surface area contributed by atoms with Gasteiger partial charge in [-0.3, -0.25) is 4.72 Å². The molecule has 2 aromatic rings. The van der Waals surface area contributed by atoms with E-state index in [4.69, 9.17) is 11.6 Å². The van der Waals surface area contributed by atoms with Gasteiger partial charge in [-0.1, -0.05) is 36.9 Å². The summed E-state index contributed by atoms with van der Waals surface area (Å²) in [5.74, 6) is -0.948. The van der Waals surface area contributed by atoms with Crippen LogP contribution in [0.3, 0.4) is 0 Å². The van der Waals surface area contributed by atoms with Crippen LogP contribution < -0.4 is 4.72 Å². The lowest BCUT2D eigenvalue weighted by Crippen LogP contribution is -2.14. The van der Waals surface area contributed by atoms with E-state index >= 15 is 0 Å². The number of phenolic OH excluding ortho intramolecular Hbond substituents is 1. The normalized spacial score (nSPS) is 11.1. The van der Waals surface area contributed by atoms with Gasteiger partial charge in [0.05, 0.1) is 20.1 Å². The Morgan fingerprint density at radius 3 is 2.38 bits per heavy atom. The highest BCUT2D eigenvalue weighted by molar-refractivity contribution is 9.10. The highest BCUT2D eigenvalue weighted by atomic mass is 79.9. The van der Waals surface area contributed by atoms with Gasteiger partial charge in [0.1, 0.15) is 11.6 Å². The summed E-state index contributed by atoms with van der Waals surface area (Å²) in [6, 6.07) is 4.67. The van der Waals surface area contributed by atoms with Gasteiger partial charge in [0, 0.05) is 11.1 Å². The van der Waals surface area contributed by atoms with Gasteiger partial charge in [-0.25, -0.2) is 12.8 Å². The molecule has 2 aromatic carbocycles. The third kappa shape index (κ3) is 3.48. The molecule has 0 saturated heterocycles. The topological polar surface area (TPSA) is 66.4 Å². The van der Waals surface area contributed by atoms with Crippen molar-refractivity contribution >= 4 is 55.4 Å². The fourth-order valence-corrected chi connectivity index (χ4v) is 3.57. The van der Waals surface area contributed by atoms with E-state index in [0.717, 1.165) is 6.07 Å². The maximum absolute atomic E-state index is 13.6. The molecule has 0 saturated carbocycles. The average molecular weight is 433 g/mol. The molecule has 24 heavy (non-hydrogen) atoms. The number of sulfonamides is 1. The number of anilines is 1. The fraction of sp³-hybridized carbons (Fsp3) is 0. The molecule has 0 spiro atoms. The lowest BCUT2D eigenvalue weighted by molar-refractivity contribution is 0.474. The summed E-state index contributed by atoms with van der Waals surface area (Å²) in [4.78, 5) is -0.262. The summed E-state index contributed by atoms with van der Waals surface area (Å²) in [6.07, 6.45) is 2.68. The van der Waals surface area contributed by atoms with E-state index in [1.54, 1.807) is 0 Å². The van der Waals surface area contributed by atoms with E-state index in [9.17, 15) is 17.9 Å². The summed E-state index contributed by atoms with van der Waals surface area (Å²) >= 11 is 8.88. The fourth-order valence-electron chi connectivity index (χ4n) is 2.03. The molecule has 0 aromatic heterocycles. The maximum atomic E-state index is 13.6. The number of hydrogen-bond donors (Lipinski definition) is 2. The molecule has 126 valence electrons. The van der Waals surface area contributed by atoms with Crippen LogP contribution in [-0.4, -0.2) is 13.5 Å². The molecule has 0 amide bonds. The zero-order valence-electron chi connectivity index (χ0n) is 12.2. The Hall–Kier alpha value is -1.83. The van der Waals surface area contributed by atoms with Gasteiger partial charge in [0.25, 0.3) is 10.0 Å². The molecule has 0 radical (unpaired) electrons. The smallest absolute Gasteiger partial charge is 0.262 e. The standard InChI is InChI=1S/C16H12BrClFNO3S/c1-3-10-11(4-2)16(21)13(18)8-15(10)20-24(22,23)9-5-6-12(17)14(19)7-9/h3-8,20-21H,1-2H2. The number of phenols is 1. The van der Waals surface area contributed by atoms with Crippen molar-refractivity contribution < 1.29 is 17.9 Å². The molecule has 4 nitrogen and oxygen atoms in total. The zero-order chi connectivity index (χ0) is 18.1. The molecule has 0 unspecified atom stereocenters. The van der Waals surface area contributed by atoms with Crippen molar-refractivity contribution in [3.63, 3.8) is 0 Å². The van der Waals surface area contributed by atoms with Crippen LogP contribution in [0.5, 0.6) is 5.75 Å². The Morgan fingerprint density at radius 1 is 1.21 bits per heavy atom. The van der Waals surface area contributed by atoms with E-state index in [2.05, 4.69) is 33.8 Å². The van der Waals surface area contributed by atoms with Crippen molar-refractivity contribution in [2.45, 2.75) is 4.90 Å². The molecule has 2 N–H and O–H groups in total. The summed E-state index contributed by atoms with van der Waals surface area (Å²) in [6.45, 7) is 7.16. The Balaban J connectivity index is 2.57. The summed E-state index contributed by atoms with van der Waals surface area (Å²) in [7, 11) is -4.07. The third-order valence-corrected chi connectivity index (χ3v) is 5.48. The van der Waals surface area contributed by atoms with Gasteiger partial charge in [-0.2, -0.15) is 0 Å². The van der Waals surface area contributed by atoms with Crippen LogP contribution in [0.15, 0.2) is 46.8 Å². The summed E-state index contributed by atoms with van der Waals surface area (Å²) < 4.78 is 41.0. The van der Waals surface area contributed by atoms with Crippen LogP contribution in [0, 0.1) is 5.82 Å². The minimum absolute atomic E-state index is 0.0600. The van der Waals surface area contributed by atoms with Gasteiger partial charge < -0.3 is 5.11 Å². The first-order chi connectivity index (χ1) is 11.2. The lowest BCUT2D eigenvalue weighted by atomic mass is 10.0. The molecule has 0 aliphatic heterocycles. The predicted molar refractivity (Wildman–Crippen MR) is 98.2 cm³/mol. The van der Waals surface area contributed by atoms with Crippen LogP contribution in [-0.2, 0) is 10.0 Å². The first-order valence-corrected chi connectivity index (χ1v) is 9.15. The Morgan fingerprint density at radius 2 is 1.83 bits per heavy atom. The molecule has 0 atom stereocenters. The quantitative estimate of drug-likeness (QED) is 0.651. The first kappa shape index (κ1) is 18.5. The second kappa shape index (κ2) is 6.96. The number of nitrogens with one attached hydrogen (secondary N) is 1. The van der Waals surface area contributed by atoms with Crippen molar-refractivity contribution in [1.29, 1.82) is 0 Å². The first-order valence-electron chi connectivity index (χ1n) is 6.49. The van der Waals surface area contributed by atoms with E-state index in [1.165, 1.54) is 30.4 Å². The molecule has 0 fully saturated rings. The lowest BCUT2D eigenvalue weighted by Gasteiger charge is -2.15. The molecular formula is C16H12BrClFNO3S. The Bertz CT molecular complexity index is 945. The highest BCUT2D eigenvalue weighted by Crippen LogP contribution is 2.37. The molecule has 0 aliphatic carbocycles. The number of hydrogen-bond acceptors (Lipinski definition) is 3. The van der Waals surface area contributed by atoms with Crippen LogP contribution in [0.25, 0.3) is 12.2 Å². The Labute approximate surface area is 152 Å². The van der Waals surface area contributed by atoms with E-state index in [-0.39, 0.29) is 31.4 Å². The van der Waals surface area contributed by atoms with E-state index in [0.29, 0.717) is 5.56 Å². The van der Waals surface area contributed by atoms with Crippen LogP contribution >= 0.6 is 27.5 Å². The van der Waals surface area contributed by atoms with Gasteiger partial charge in [0.15, 0.2) is 0 Å². The van der Waals surface area contributed by atoms with Crippen molar-refractivity contribution in [3.05, 3.63) is 63.9 Å². The largest absolute Gasteiger partial charge is 0.506 e. The highest BCUT2D eigenvalue weighted by Gasteiger charge is 2.20. The number of aromatic hydroxyl groups is 1. The average Bonchev–Trinajstić information content (AvgIpc) is 2.52. The van der Waals surface area contributed by atoms with Crippen LogP contribution in [0.2, 0.25) is 5.02 Å².